The number of hydrogen-bond acceptors (Lipinski definition) is 3. The van der Waals surface area contributed by atoms with Gasteiger partial charge >= 0.3 is 0 Å². The van der Waals surface area contributed by atoms with Crippen molar-refractivity contribution in [3.05, 3.63) is 85.2 Å². The Morgan fingerprint density at radius 1 is 0.560 bits per heavy atom. The van der Waals surface area contributed by atoms with Gasteiger partial charge in [0, 0.05) is 23.2 Å². The molecule has 0 spiro atoms. The van der Waals surface area contributed by atoms with Crippen LogP contribution in [0.1, 0.15) is 0 Å². The third kappa shape index (κ3) is 2.37. The summed E-state index contributed by atoms with van der Waals surface area (Å²) in [5.41, 5.74) is 5.74. The molecule has 2 aromatic carbocycles. The van der Waals surface area contributed by atoms with E-state index in [9.17, 15) is 0 Å². The van der Waals surface area contributed by atoms with Crippen molar-refractivity contribution in [2.75, 3.05) is 0 Å². The van der Waals surface area contributed by atoms with E-state index < -0.39 is 0 Å². The molecule has 118 valence electrons. The highest BCUT2D eigenvalue weighted by Gasteiger charge is 2.09. The predicted molar refractivity (Wildman–Crippen MR) is 100 cm³/mol. The summed E-state index contributed by atoms with van der Waals surface area (Å²) in [5, 5.41) is 2.28. The highest BCUT2D eigenvalue weighted by molar-refractivity contribution is 6.05. The second-order valence-electron chi connectivity index (χ2n) is 5.95. The summed E-state index contributed by atoms with van der Waals surface area (Å²) in [7, 11) is 0. The molecule has 0 aliphatic carbocycles. The van der Waals surface area contributed by atoms with Gasteiger partial charge < -0.3 is 4.42 Å². The Labute approximate surface area is 144 Å². The van der Waals surface area contributed by atoms with Crippen LogP contribution >= 0.6 is 0 Å². The molecule has 3 nitrogen and oxygen atoms in total. The first-order chi connectivity index (χ1) is 12.4. The topological polar surface area (TPSA) is 38.9 Å². The molecule has 0 bridgehead atoms. The average molecular weight is 322 g/mol. The fourth-order valence-corrected chi connectivity index (χ4v) is 3.17. The molecule has 3 heterocycles. The van der Waals surface area contributed by atoms with E-state index in [0.29, 0.717) is 0 Å². The van der Waals surface area contributed by atoms with Gasteiger partial charge in [-0.15, -0.1) is 0 Å². The summed E-state index contributed by atoms with van der Waals surface area (Å²) in [4.78, 5) is 8.83. The number of benzene rings is 2. The maximum atomic E-state index is 6.00. The lowest BCUT2D eigenvalue weighted by Gasteiger charge is -2.05. The van der Waals surface area contributed by atoms with Crippen molar-refractivity contribution in [3.63, 3.8) is 0 Å². The van der Waals surface area contributed by atoms with Crippen molar-refractivity contribution < 1.29 is 4.42 Å². The van der Waals surface area contributed by atoms with Gasteiger partial charge in [-0.1, -0.05) is 30.3 Å². The van der Waals surface area contributed by atoms with E-state index in [2.05, 4.69) is 40.3 Å². The van der Waals surface area contributed by atoms with E-state index >= 15 is 0 Å². The molecule has 3 heteroatoms. The zero-order chi connectivity index (χ0) is 16.6. The molecule has 0 aliphatic heterocycles. The fourth-order valence-electron chi connectivity index (χ4n) is 3.17. The molecule has 0 N–H and O–H groups in total. The van der Waals surface area contributed by atoms with E-state index in [1.54, 1.807) is 6.20 Å². The minimum Gasteiger partial charge on any atom is -0.456 e. The molecule has 0 atom stereocenters. The number of pyridine rings is 2. The van der Waals surface area contributed by atoms with Gasteiger partial charge in [0.15, 0.2) is 0 Å². The van der Waals surface area contributed by atoms with Crippen LogP contribution in [-0.2, 0) is 0 Å². The summed E-state index contributed by atoms with van der Waals surface area (Å²) in [6.45, 7) is 0. The Morgan fingerprint density at radius 3 is 2.28 bits per heavy atom. The number of fused-ring (bicyclic) bond motifs is 3. The van der Waals surface area contributed by atoms with Crippen molar-refractivity contribution in [1.82, 2.24) is 9.97 Å². The van der Waals surface area contributed by atoms with Crippen LogP contribution in [0.15, 0.2) is 89.6 Å². The largest absolute Gasteiger partial charge is 0.456 e. The van der Waals surface area contributed by atoms with E-state index in [0.717, 1.165) is 44.5 Å². The van der Waals surface area contributed by atoms with Gasteiger partial charge in [0.1, 0.15) is 11.2 Å². The molecule has 0 saturated heterocycles. The first-order valence-electron chi connectivity index (χ1n) is 8.18. The van der Waals surface area contributed by atoms with Gasteiger partial charge in [-0.25, -0.2) is 0 Å². The van der Waals surface area contributed by atoms with Gasteiger partial charge in [-0.3, -0.25) is 9.97 Å². The van der Waals surface area contributed by atoms with Crippen LogP contribution in [0, 0.1) is 0 Å². The maximum Gasteiger partial charge on any atom is 0.136 e. The number of hydrogen-bond donors (Lipinski definition) is 0. The summed E-state index contributed by atoms with van der Waals surface area (Å²) < 4.78 is 6.00. The molecule has 0 saturated carbocycles. The second-order valence-corrected chi connectivity index (χ2v) is 5.95. The van der Waals surface area contributed by atoms with Crippen LogP contribution in [-0.4, -0.2) is 9.97 Å². The Balaban J connectivity index is 1.64. The van der Waals surface area contributed by atoms with Crippen LogP contribution in [0.5, 0.6) is 0 Å². The molecule has 0 aliphatic rings. The lowest BCUT2D eigenvalue weighted by atomic mass is 10.0. The first kappa shape index (κ1) is 13.9. The van der Waals surface area contributed by atoms with Gasteiger partial charge in [0.25, 0.3) is 0 Å². The zero-order valence-corrected chi connectivity index (χ0v) is 13.4. The van der Waals surface area contributed by atoms with Crippen LogP contribution in [0.4, 0.5) is 0 Å². The third-order valence-corrected chi connectivity index (χ3v) is 4.40. The summed E-state index contributed by atoms with van der Waals surface area (Å²) in [5.74, 6) is 0. The molecule has 0 fully saturated rings. The van der Waals surface area contributed by atoms with Gasteiger partial charge in [-0.05, 0) is 53.6 Å². The Bertz CT molecular complexity index is 1190. The number of para-hydroxylation sites is 1. The lowest BCUT2D eigenvalue weighted by molar-refractivity contribution is 0.669. The summed E-state index contributed by atoms with van der Waals surface area (Å²) in [6.07, 6.45) is 3.60. The maximum absolute atomic E-state index is 6.00. The van der Waals surface area contributed by atoms with Crippen molar-refractivity contribution in [3.8, 4) is 22.5 Å². The molecule has 5 rings (SSSR count). The SMILES string of the molecule is c1ccc(-c2cc(-c3ccc4c(c3)oc3ccccc34)ccn2)nc1. The van der Waals surface area contributed by atoms with Gasteiger partial charge in [-0.2, -0.15) is 0 Å². The van der Waals surface area contributed by atoms with E-state index in [4.69, 9.17) is 4.42 Å². The fraction of sp³-hybridized carbons (Fsp3) is 0. The number of aromatic nitrogens is 2. The summed E-state index contributed by atoms with van der Waals surface area (Å²) >= 11 is 0. The smallest absolute Gasteiger partial charge is 0.136 e. The molecule has 0 unspecified atom stereocenters. The first-order valence-corrected chi connectivity index (χ1v) is 8.18. The van der Waals surface area contributed by atoms with Crippen molar-refractivity contribution >= 4 is 21.9 Å². The van der Waals surface area contributed by atoms with Gasteiger partial charge in [0.2, 0.25) is 0 Å². The van der Waals surface area contributed by atoms with Gasteiger partial charge in [0.05, 0.1) is 11.4 Å². The second kappa shape index (κ2) is 5.56. The molecule has 0 amide bonds. The van der Waals surface area contributed by atoms with Crippen molar-refractivity contribution in [2.45, 2.75) is 0 Å². The quantitative estimate of drug-likeness (QED) is 0.418. The molecular formula is C22H14N2O. The predicted octanol–water partition coefficient (Wildman–Crippen LogP) is 5.71. The number of nitrogens with zero attached hydrogens (tertiary/aromatic N) is 2. The van der Waals surface area contributed by atoms with Crippen LogP contribution in [0.2, 0.25) is 0 Å². The monoisotopic (exact) mass is 322 g/mol. The van der Waals surface area contributed by atoms with Crippen LogP contribution < -0.4 is 0 Å². The molecule has 3 aromatic heterocycles. The van der Waals surface area contributed by atoms with Crippen molar-refractivity contribution in [2.24, 2.45) is 0 Å². The molecule has 5 aromatic rings. The highest BCUT2D eigenvalue weighted by Crippen LogP contribution is 2.32. The minimum absolute atomic E-state index is 0.864. The lowest BCUT2D eigenvalue weighted by Crippen LogP contribution is -1.87. The minimum atomic E-state index is 0.864. The third-order valence-electron chi connectivity index (χ3n) is 4.40. The molecular weight excluding hydrogens is 308 g/mol. The summed E-state index contributed by atoms with van der Waals surface area (Å²) in [6, 6.07) is 24.4. The standard InChI is InChI=1S/C22H14N2O/c1-2-7-21-17(5-1)18-9-8-15(14-22(18)25-21)16-10-12-24-20(13-16)19-6-3-4-11-23-19/h1-14H. The van der Waals surface area contributed by atoms with Crippen LogP contribution in [0.25, 0.3) is 44.5 Å². The number of furan rings is 1. The van der Waals surface area contributed by atoms with Crippen molar-refractivity contribution in [1.29, 1.82) is 0 Å². The van der Waals surface area contributed by atoms with E-state index in [1.807, 2.05) is 48.7 Å². The Kier molecular flexibility index (Phi) is 3.10. The van der Waals surface area contributed by atoms with E-state index in [-0.39, 0.29) is 0 Å². The average Bonchev–Trinajstić information content (AvgIpc) is 3.06. The molecule has 0 radical (unpaired) electrons. The normalized spacial score (nSPS) is 11.2. The Hall–Kier alpha value is -3.46. The molecule has 25 heavy (non-hydrogen) atoms. The van der Waals surface area contributed by atoms with Crippen LogP contribution in [0.3, 0.4) is 0 Å². The Morgan fingerprint density at radius 2 is 1.36 bits per heavy atom. The number of rotatable bonds is 2. The zero-order valence-electron chi connectivity index (χ0n) is 13.4. The van der Waals surface area contributed by atoms with E-state index in [1.165, 1.54) is 0 Å². The highest BCUT2D eigenvalue weighted by atomic mass is 16.3.